The standard InChI is InChI=1S/C39H28F4N10O/c40-23-7-21(8-24(41)13-23)5-19-1-3-29-27(11-19)35(50-48-29)37-44-31-15-52(16-32(31)45-37)39(54)53-17-33-34(18-53)47-38(46-33)36-28-12-20(2-4-30(28)49-51-36)6-22-9-25(42)14-26(43)10-22/h1-4,7-14H,5-6,15-18H2,(H,44,45)(H,46,47)(H,48,50)(H,49,51). The number of H-pyrrole nitrogens is 4. The van der Waals surface area contributed by atoms with Gasteiger partial charge in [0.25, 0.3) is 0 Å². The van der Waals surface area contributed by atoms with Gasteiger partial charge in [0.1, 0.15) is 34.7 Å². The van der Waals surface area contributed by atoms with E-state index in [2.05, 4.69) is 30.4 Å². The number of carbonyl (C=O) groups is 1. The van der Waals surface area contributed by atoms with Gasteiger partial charge in [-0.05, 0) is 83.6 Å². The van der Waals surface area contributed by atoms with Gasteiger partial charge in [-0.3, -0.25) is 10.2 Å². The summed E-state index contributed by atoms with van der Waals surface area (Å²) in [5.74, 6) is -1.33. The summed E-state index contributed by atoms with van der Waals surface area (Å²) in [6, 6.07) is 18.3. The van der Waals surface area contributed by atoms with Gasteiger partial charge in [-0.25, -0.2) is 32.3 Å². The topological polar surface area (TPSA) is 138 Å². The highest BCUT2D eigenvalue weighted by atomic mass is 19.1. The lowest BCUT2D eigenvalue weighted by Crippen LogP contribution is -2.37. The molecule has 10 rings (SSSR count). The molecule has 0 radical (unpaired) electrons. The highest BCUT2D eigenvalue weighted by Crippen LogP contribution is 2.33. The summed E-state index contributed by atoms with van der Waals surface area (Å²) < 4.78 is 55.1. The molecular weight excluding hydrogens is 700 g/mol. The number of fused-ring (bicyclic) bond motifs is 4. The molecule has 8 aromatic rings. The SMILES string of the molecule is O=C(N1Cc2nc(-c3n[nH]c4ccc(Cc5cc(F)cc(F)c5)cc34)[nH]c2C1)N1Cc2nc(-c3n[nH]c4ccc(Cc5cc(F)cc(F)c5)cc34)[nH]c2C1. The largest absolute Gasteiger partial charge is 0.339 e. The van der Waals surface area contributed by atoms with Crippen LogP contribution in [0.4, 0.5) is 22.4 Å². The second-order valence-electron chi connectivity index (χ2n) is 13.8. The quantitative estimate of drug-likeness (QED) is 0.132. The average Bonchev–Trinajstić information content (AvgIpc) is 3.96. The third-order valence-corrected chi connectivity index (χ3v) is 10.0. The molecule has 0 saturated heterocycles. The van der Waals surface area contributed by atoms with Crippen molar-refractivity contribution in [2.45, 2.75) is 39.0 Å². The highest BCUT2D eigenvalue weighted by Gasteiger charge is 2.35. The maximum atomic E-state index is 13.8. The Morgan fingerprint density at radius 1 is 0.556 bits per heavy atom. The number of nitrogens with zero attached hydrogens (tertiary/aromatic N) is 6. The predicted octanol–water partition coefficient (Wildman–Crippen LogP) is 7.41. The van der Waals surface area contributed by atoms with E-state index in [-0.39, 0.29) is 6.03 Å². The number of halogens is 4. The maximum absolute atomic E-state index is 13.8. The Labute approximate surface area is 303 Å². The lowest BCUT2D eigenvalue weighted by Gasteiger charge is -2.23. The van der Waals surface area contributed by atoms with E-state index >= 15 is 0 Å². The second kappa shape index (κ2) is 12.1. The van der Waals surface area contributed by atoms with E-state index in [4.69, 9.17) is 9.97 Å². The molecule has 0 spiro atoms. The molecule has 6 heterocycles. The van der Waals surface area contributed by atoms with Gasteiger partial charge in [0.15, 0.2) is 11.6 Å². The third-order valence-electron chi connectivity index (χ3n) is 10.0. The van der Waals surface area contributed by atoms with E-state index in [1.807, 2.05) is 36.4 Å². The Balaban J connectivity index is 0.816. The molecule has 0 aliphatic carbocycles. The van der Waals surface area contributed by atoms with Crippen LogP contribution in [0.2, 0.25) is 0 Å². The molecule has 268 valence electrons. The molecule has 15 heteroatoms. The highest BCUT2D eigenvalue weighted by molar-refractivity contribution is 5.93. The summed E-state index contributed by atoms with van der Waals surface area (Å²) in [6.45, 7) is 1.37. The van der Waals surface area contributed by atoms with Crippen molar-refractivity contribution in [3.63, 3.8) is 0 Å². The van der Waals surface area contributed by atoms with E-state index in [9.17, 15) is 22.4 Å². The molecule has 4 aromatic carbocycles. The Hall–Kier alpha value is -6.77. The minimum atomic E-state index is -0.617. The lowest BCUT2D eigenvalue weighted by molar-refractivity contribution is 0.151. The molecule has 0 bridgehead atoms. The van der Waals surface area contributed by atoms with Gasteiger partial charge in [-0.2, -0.15) is 10.2 Å². The number of hydrogen-bond acceptors (Lipinski definition) is 5. The third kappa shape index (κ3) is 5.64. The van der Waals surface area contributed by atoms with Crippen molar-refractivity contribution in [2.24, 2.45) is 0 Å². The van der Waals surface area contributed by atoms with Gasteiger partial charge in [0.05, 0.1) is 60.0 Å². The Kier molecular flexibility index (Phi) is 7.18. The number of amides is 2. The first-order valence-electron chi connectivity index (χ1n) is 17.2. The fourth-order valence-electron chi connectivity index (χ4n) is 7.56. The van der Waals surface area contributed by atoms with Crippen molar-refractivity contribution in [1.29, 1.82) is 0 Å². The van der Waals surface area contributed by atoms with Crippen molar-refractivity contribution in [1.82, 2.24) is 50.1 Å². The van der Waals surface area contributed by atoms with Crippen molar-refractivity contribution >= 4 is 27.8 Å². The molecule has 2 aliphatic rings. The molecule has 0 fully saturated rings. The second-order valence-corrected chi connectivity index (χ2v) is 13.8. The Morgan fingerprint density at radius 2 is 0.981 bits per heavy atom. The van der Waals surface area contributed by atoms with Gasteiger partial charge in [-0.15, -0.1) is 0 Å². The van der Waals surface area contributed by atoms with E-state index in [1.54, 1.807) is 9.80 Å². The first-order chi connectivity index (χ1) is 26.2. The molecule has 0 unspecified atom stereocenters. The van der Waals surface area contributed by atoms with Crippen LogP contribution in [0.15, 0.2) is 72.8 Å². The fraction of sp³-hybridized carbons (Fsp3) is 0.154. The van der Waals surface area contributed by atoms with E-state index in [0.717, 1.165) is 67.8 Å². The number of nitrogens with one attached hydrogen (secondary N) is 4. The van der Waals surface area contributed by atoms with Crippen LogP contribution in [0.5, 0.6) is 0 Å². The summed E-state index contributed by atoms with van der Waals surface area (Å²) >= 11 is 0. The van der Waals surface area contributed by atoms with Crippen LogP contribution >= 0.6 is 0 Å². The number of imidazole rings is 2. The normalized spacial score (nSPS) is 13.8. The summed E-state index contributed by atoms with van der Waals surface area (Å²) in [5, 5.41) is 16.7. The monoisotopic (exact) mass is 728 g/mol. The van der Waals surface area contributed by atoms with Crippen molar-refractivity contribution in [3.05, 3.63) is 141 Å². The molecule has 0 saturated carbocycles. The smallest absolute Gasteiger partial charge is 0.321 e. The minimum Gasteiger partial charge on any atom is -0.339 e. The van der Waals surface area contributed by atoms with Crippen LogP contribution in [-0.4, -0.2) is 56.2 Å². The Bertz CT molecular complexity index is 2520. The van der Waals surface area contributed by atoms with Crippen molar-refractivity contribution < 1.29 is 22.4 Å². The number of benzene rings is 4. The number of rotatable bonds is 6. The van der Waals surface area contributed by atoms with Gasteiger partial charge < -0.3 is 19.8 Å². The zero-order chi connectivity index (χ0) is 36.7. The first-order valence-corrected chi connectivity index (χ1v) is 17.2. The van der Waals surface area contributed by atoms with Crippen LogP contribution in [0.25, 0.3) is 44.8 Å². The molecule has 54 heavy (non-hydrogen) atoms. The van der Waals surface area contributed by atoms with Crippen LogP contribution in [-0.2, 0) is 39.0 Å². The fourth-order valence-corrected chi connectivity index (χ4v) is 7.56. The number of aromatic nitrogens is 8. The molecular formula is C39H28F4N10O. The molecule has 2 aliphatic heterocycles. The summed E-state index contributed by atoms with van der Waals surface area (Å²) in [4.78, 5) is 33.4. The van der Waals surface area contributed by atoms with Crippen LogP contribution < -0.4 is 0 Å². The molecule has 4 N–H and O–H groups in total. The van der Waals surface area contributed by atoms with Crippen LogP contribution in [0, 0.1) is 23.3 Å². The van der Waals surface area contributed by atoms with E-state index in [0.29, 0.717) is 73.2 Å². The zero-order valence-electron chi connectivity index (χ0n) is 28.3. The van der Waals surface area contributed by atoms with Crippen molar-refractivity contribution in [3.8, 4) is 23.0 Å². The lowest BCUT2D eigenvalue weighted by atomic mass is 10.0. The number of hydrogen-bond donors (Lipinski definition) is 4. The molecule has 2 amide bonds. The van der Waals surface area contributed by atoms with Crippen molar-refractivity contribution in [2.75, 3.05) is 0 Å². The first kappa shape index (κ1) is 31.9. The maximum Gasteiger partial charge on any atom is 0.321 e. The number of carbonyl (C=O) groups excluding carboxylic acids is 1. The van der Waals surface area contributed by atoms with Crippen LogP contribution in [0.3, 0.4) is 0 Å². The summed E-state index contributed by atoms with van der Waals surface area (Å²) in [7, 11) is 0. The summed E-state index contributed by atoms with van der Waals surface area (Å²) in [6.07, 6.45) is 0.698. The average molecular weight is 729 g/mol. The predicted molar refractivity (Wildman–Crippen MR) is 190 cm³/mol. The molecule has 0 atom stereocenters. The van der Waals surface area contributed by atoms with Crippen LogP contribution in [0.1, 0.15) is 45.0 Å². The molecule has 11 nitrogen and oxygen atoms in total. The molecule has 4 aromatic heterocycles. The Morgan fingerprint density at radius 3 is 1.39 bits per heavy atom. The minimum absolute atomic E-state index is 0.136. The van der Waals surface area contributed by atoms with Gasteiger partial charge in [0, 0.05) is 22.9 Å². The van der Waals surface area contributed by atoms with Gasteiger partial charge in [0.2, 0.25) is 0 Å². The van der Waals surface area contributed by atoms with E-state index < -0.39 is 23.3 Å². The number of urea groups is 1. The summed E-state index contributed by atoms with van der Waals surface area (Å²) in [5.41, 5.74) is 8.78. The zero-order valence-corrected chi connectivity index (χ0v) is 28.3. The van der Waals surface area contributed by atoms with Gasteiger partial charge in [-0.1, -0.05) is 12.1 Å². The number of aromatic amines is 4. The van der Waals surface area contributed by atoms with E-state index in [1.165, 1.54) is 24.3 Å². The van der Waals surface area contributed by atoms with Gasteiger partial charge >= 0.3 is 6.03 Å².